The molecule has 0 spiro atoms. The van der Waals surface area contributed by atoms with E-state index in [-0.39, 0.29) is 12.5 Å². The molecule has 0 radical (unpaired) electrons. The first kappa shape index (κ1) is 19.0. The summed E-state index contributed by atoms with van der Waals surface area (Å²) in [6.45, 7) is 0.250. The first-order chi connectivity index (χ1) is 13.7. The van der Waals surface area contributed by atoms with E-state index in [4.69, 9.17) is 18.9 Å². The minimum Gasteiger partial charge on any atom is -0.388 e. The number of benzene rings is 2. The van der Waals surface area contributed by atoms with E-state index in [9.17, 15) is 9.90 Å². The Bertz CT molecular complexity index is 786. The number of carbonyl (C=O) groups is 1. The molecule has 0 unspecified atom stereocenters. The van der Waals surface area contributed by atoms with Crippen LogP contribution in [0, 0.1) is 0 Å². The maximum atomic E-state index is 12.6. The van der Waals surface area contributed by atoms with E-state index in [1.165, 1.54) is 7.11 Å². The maximum absolute atomic E-state index is 12.6. The predicted molar refractivity (Wildman–Crippen MR) is 99.4 cm³/mol. The van der Waals surface area contributed by atoms with Crippen LogP contribution in [-0.2, 0) is 18.9 Å². The Hall–Kier alpha value is -2.29. The van der Waals surface area contributed by atoms with Gasteiger partial charge < -0.3 is 29.4 Å². The van der Waals surface area contributed by atoms with Crippen LogP contribution >= 0.6 is 0 Å². The van der Waals surface area contributed by atoms with E-state index in [1.54, 1.807) is 24.3 Å². The van der Waals surface area contributed by atoms with Crippen LogP contribution in [0.2, 0.25) is 0 Å². The molecule has 2 heterocycles. The SMILES string of the molecule is CO[C@H]1O[C@H]2CO[C@H](c3ccccc3)O[C@@H]2[C@@H](O)[C@H]1NC(=O)c1ccccc1. The molecule has 4 rings (SSSR count). The first-order valence-electron chi connectivity index (χ1n) is 9.21. The lowest BCUT2D eigenvalue weighted by molar-refractivity contribution is -0.340. The van der Waals surface area contributed by atoms with Gasteiger partial charge in [0.1, 0.15) is 24.4 Å². The number of aliphatic hydroxyl groups is 1. The molecule has 2 N–H and O–H groups in total. The summed E-state index contributed by atoms with van der Waals surface area (Å²) in [6, 6.07) is 17.5. The second-order valence-corrected chi connectivity index (χ2v) is 6.81. The number of carbonyl (C=O) groups excluding carboxylic acids is 1. The molecule has 2 aromatic rings. The van der Waals surface area contributed by atoms with Crippen LogP contribution in [0.1, 0.15) is 22.2 Å². The van der Waals surface area contributed by atoms with Gasteiger partial charge in [-0.3, -0.25) is 4.79 Å². The number of hydrogen-bond donors (Lipinski definition) is 2. The van der Waals surface area contributed by atoms with Crippen molar-refractivity contribution in [1.29, 1.82) is 0 Å². The van der Waals surface area contributed by atoms with Crippen molar-refractivity contribution >= 4 is 5.91 Å². The molecular weight excluding hydrogens is 362 g/mol. The van der Waals surface area contributed by atoms with Gasteiger partial charge in [0.25, 0.3) is 5.91 Å². The minimum atomic E-state index is -1.02. The minimum absolute atomic E-state index is 0.250. The first-order valence-corrected chi connectivity index (χ1v) is 9.21. The summed E-state index contributed by atoms with van der Waals surface area (Å²) in [7, 11) is 1.47. The van der Waals surface area contributed by atoms with Crippen molar-refractivity contribution in [2.45, 2.75) is 36.9 Å². The smallest absolute Gasteiger partial charge is 0.251 e. The lowest BCUT2D eigenvalue weighted by Gasteiger charge is -2.47. The molecule has 7 heteroatoms. The third-order valence-corrected chi connectivity index (χ3v) is 5.00. The molecule has 28 heavy (non-hydrogen) atoms. The van der Waals surface area contributed by atoms with Crippen LogP contribution < -0.4 is 5.32 Å². The van der Waals surface area contributed by atoms with Gasteiger partial charge in [0.2, 0.25) is 0 Å². The van der Waals surface area contributed by atoms with Crippen molar-refractivity contribution in [2.24, 2.45) is 0 Å². The molecule has 7 nitrogen and oxygen atoms in total. The van der Waals surface area contributed by atoms with Gasteiger partial charge in [-0.25, -0.2) is 0 Å². The molecule has 2 fully saturated rings. The highest BCUT2D eigenvalue weighted by atomic mass is 16.7. The Labute approximate surface area is 163 Å². The Kier molecular flexibility index (Phi) is 5.70. The van der Waals surface area contributed by atoms with Gasteiger partial charge in [0.05, 0.1) is 6.61 Å². The molecular formula is C21H23NO6. The van der Waals surface area contributed by atoms with E-state index in [0.717, 1.165) is 5.56 Å². The van der Waals surface area contributed by atoms with Gasteiger partial charge in [0.15, 0.2) is 12.6 Å². The zero-order chi connectivity index (χ0) is 19.5. The highest BCUT2D eigenvalue weighted by Gasteiger charge is 2.50. The summed E-state index contributed by atoms with van der Waals surface area (Å²) in [5.41, 5.74) is 1.34. The Morgan fingerprint density at radius 3 is 2.43 bits per heavy atom. The predicted octanol–water partition coefficient (Wildman–Crippen LogP) is 1.63. The fourth-order valence-corrected chi connectivity index (χ4v) is 3.55. The summed E-state index contributed by atoms with van der Waals surface area (Å²) in [5.74, 6) is -0.319. The molecule has 2 aliphatic heterocycles. The van der Waals surface area contributed by atoms with Gasteiger partial charge in [0, 0.05) is 18.2 Å². The van der Waals surface area contributed by atoms with E-state index >= 15 is 0 Å². The van der Waals surface area contributed by atoms with Crippen molar-refractivity contribution in [1.82, 2.24) is 5.32 Å². The number of nitrogens with one attached hydrogen (secondary N) is 1. The molecule has 0 aromatic heterocycles. The molecule has 0 saturated carbocycles. The zero-order valence-corrected chi connectivity index (χ0v) is 15.4. The largest absolute Gasteiger partial charge is 0.388 e. The van der Waals surface area contributed by atoms with E-state index in [0.29, 0.717) is 5.56 Å². The van der Waals surface area contributed by atoms with E-state index < -0.39 is 36.9 Å². The number of aliphatic hydroxyl groups excluding tert-OH is 1. The molecule has 1 amide bonds. The summed E-state index contributed by atoms with van der Waals surface area (Å²) >= 11 is 0. The quantitative estimate of drug-likeness (QED) is 0.832. The van der Waals surface area contributed by atoms with Crippen molar-refractivity contribution in [2.75, 3.05) is 13.7 Å². The highest BCUT2D eigenvalue weighted by molar-refractivity contribution is 5.94. The Morgan fingerprint density at radius 1 is 1.07 bits per heavy atom. The number of rotatable bonds is 4. The lowest BCUT2D eigenvalue weighted by Crippen LogP contribution is -2.66. The second-order valence-electron chi connectivity index (χ2n) is 6.81. The van der Waals surface area contributed by atoms with Crippen LogP contribution in [-0.4, -0.2) is 55.4 Å². The van der Waals surface area contributed by atoms with Gasteiger partial charge in [-0.05, 0) is 12.1 Å². The summed E-state index contributed by atoms with van der Waals surface area (Å²) in [5, 5.41) is 13.8. The molecule has 0 bridgehead atoms. The van der Waals surface area contributed by atoms with Crippen LogP contribution in [0.25, 0.3) is 0 Å². The van der Waals surface area contributed by atoms with Crippen LogP contribution in [0.5, 0.6) is 0 Å². The maximum Gasteiger partial charge on any atom is 0.251 e. The zero-order valence-electron chi connectivity index (χ0n) is 15.4. The van der Waals surface area contributed by atoms with Crippen molar-refractivity contribution < 1.29 is 28.8 Å². The summed E-state index contributed by atoms with van der Waals surface area (Å²) < 4.78 is 23.0. The molecule has 2 aromatic carbocycles. The van der Waals surface area contributed by atoms with Crippen LogP contribution in [0.15, 0.2) is 60.7 Å². The molecule has 0 aliphatic carbocycles. The van der Waals surface area contributed by atoms with Gasteiger partial charge in [-0.1, -0.05) is 48.5 Å². The summed E-state index contributed by atoms with van der Waals surface area (Å²) in [6.07, 6.45) is -3.60. The highest BCUT2D eigenvalue weighted by Crippen LogP contribution is 2.34. The second kappa shape index (κ2) is 8.38. The summed E-state index contributed by atoms with van der Waals surface area (Å²) in [4.78, 5) is 12.6. The molecule has 148 valence electrons. The van der Waals surface area contributed by atoms with Gasteiger partial charge in [-0.15, -0.1) is 0 Å². The van der Waals surface area contributed by atoms with Crippen LogP contribution in [0.4, 0.5) is 0 Å². The third-order valence-electron chi connectivity index (χ3n) is 5.00. The standard InChI is InChI=1S/C21H23NO6/c1-25-21-16(22-19(24)13-8-4-2-5-9-13)17(23)18-15(27-21)12-26-20(28-18)14-10-6-3-7-11-14/h2-11,15-18,20-21,23H,12H2,1H3,(H,22,24)/t15-,16+,17-,18-,20-,21-/m0/s1. The Morgan fingerprint density at radius 2 is 1.75 bits per heavy atom. The number of amides is 1. The fourth-order valence-electron chi connectivity index (χ4n) is 3.55. The average molecular weight is 385 g/mol. The van der Waals surface area contributed by atoms with E-state index in [2.05, 4.69) is 5.32 Å². The van der Waals surface area contributed by atoms with Crippen molar-refractivity contribution in [3.8, 4) is 0 Å². The van der Waals surface area contributed by atoms with Crippen molar-refractivity contribution in [3.05, 3.63) is 71.8 Å². The Balaban J connectivity index is 1.50. The number of ether oxygens (including phenoxy) is 4. The average Bonchev–Trinajstić information content (AvgIpc) is 2.76. The third kappa shape index (κ3) is 3.80. The topological polar surface area (TPSA) is 86.2 Å². The normalized spacial score (nSPS) is 32.4. The number of hydrogen-bond acceptors (Lipinski definition) is 6. The van der Waals surface area contributed by atoms with Crippen LogP contribution in [0.3, 0.4) is 0 Å². The van der Waals surface area contributed by atoms with E-state index in [1.807, 2.05) is 36.4 Å². The van der Waals surface area contributed by atoms with Crippen molar-refractivity contribution in [3.63, 3.8) is 0 Å². The number of fused-ring (bicyclic) bond motifs is 1. The van der Waals surface area contributed by atoms with Gasteiger partial charge in [-0.2, -0.15) is 0 Å². The molecule has 6 atom stereocenters. The molecule has 2 aliphatic rings. The monoisotopic (exact) mass is 385 g/mol. The van der Waals surface area contributed by atoms with Gasteiger partial charge >= 0.3 is 0 Å². The molecule has 2 saturated heterocycles. The fraction of sp³-hybridized carbons (Fsp3) is 0.381. The number of methoxy groups -OCH3 is 1. The lowest BCUT2D eigenvalue weighted by atomic mass is 9.95.